The van der Waals surface area contributed by atoms with Crippen molar-refractivity contribution < 1.29 is 14.3 Å². The number of ether oxygens (including phenoxy) is 1. The number of carbonyl (C=O) groups is 2. The average molecular weight is 488 g/mol. The third-order valence-electron chi connectivity index (χ3n) is 5.81. The molecule has 1 fully saturated rings. The van der Waals surface area contributed by atoms with Gasteiger partial charge in [-0.1, -0.05) is 55.5 Å². The van der Waals surface area contributed by atoms with Crippen LogP contribution in [0, 0.1) is 0 Å². The smallest absolute Gasteiger partial charge is 0.256 e. The van der Waals surface area contributed by atoms with Crippen molar-refractivity contribution in [3.05, 3.63) is 90.5 Å². The summed E-state index contributed by atoms with van der Waals surface area (Å²) in [6.45, 7) is 3.23. The molecule has 180 valence electrons. The average Bonchev–Trinajstić information content (AvgIpc) is 3.11. The predicted octanol–water partition coefficient (Wildman–Crippen LogP) is 5.05. The van der Waals surface area contributed by atoms with Crippen LogP contribution < -0.4 is 15.0 Å². The Balaban J connectivity index is 1.48. The molecule has 0 unspecified atom stereocenters. The van der Waals surface area contributed by atoms with E-state index in [0.717, 1.165) is 17.7 Å². The Labute approximate surface area is 211 Å². The maximum absolute atomic E-state index is 13.5. The summed E-state index contributed by atoms with van der Waals surface area (Å²) < 4.78 is 5.60. The Hall–Kier alpha value is -3.71. The number of para-hydroxylation sites is 1. The van der Waals surface area contributed by atoms with Crippen molar-refractivity contribution >= 4 is 40.5 Å². The van der Waals surface area contributed by atoms with Crippen LogP contribution in [0.15, 0.2) is 84.9 Å². The Morgan fingerprint density at radius 3 is 2.29 bits per heavy atom. The molecular formula is C28H29N3O3S. The summed E-state index contributed by atoms with van der Waals surface area (Å²) in [5.41, 5.74) is 2.51. The highest BCUT2D eigenvalue weighted by atomic mass is 32.1. The summed E-state index contributed by atoms with van der Waals surface area (Å²) in [4.78, 5) is 29.8. The van der Waals surface area contributed by atoms with E-state index in [9.17, 15) is 9.59 Å². The summed E-state index contributed by atoms with van der Waals surface area (Å²) in [5.74, 6) is 0.326. The van der Waals surface area contributed by atoms with Crippen molar-refractivity contribution in [2.75, 3.05) is 23.4 Å². The Morgan fingerprint density at radius 2 is 1.63 bits per heavy atom. The molecule has 0 radical (unpaired) electrons. The topological polar surface area (TPSA) is 61.9 Å². The number of nitrogens with one attached hydrogen (secondary N) is 1. The second kappa shape index (κ2) is 11.6. The Kier molecular flexibility index (Phi) is 8.11. The number of anilines is 2. The number of benzene rings is 3. The van der Waals surface area contributed by atoms with Gasteiger partial charge in [-0.2, -0.15) is 0 Å². The molecule has 1 saturated heterocycles. The van der Waals surface area contributed by atoms with Crippen molar-refractivity contribution in [2.24, 2.45) is 0 Å². The lowest BCUT2D eigenvalue weighted by molar-refractivity contribution is -0.124. The highest BCUT2D eigenvalue weighted by Gasteiger charge is 2.43. The summed E-state index contributed by atoms with van der Waals surface area (Å²) in [6, 6.07) is 26.0. The molecule has 7 heteroatoms. The fourth-order valence-electron chi connectivity index (χ4n) is 4.04. The molecule has 3 aromatic rings. The van der Waals surface area contributed by atoms with Gasteiger partial charge < -0.3 is 15.0 Å². The van der Waals surface area contributed by atoms with Crippen molar-refractivity contribution in [1.82, 2.24) is 4.90 Å². The lowest BCUT2D eigenvalue weighted by atomic mass is 10.1. The lowest BCUT2D eigenvalue weighted by Crippen LogP contribution is -2.39. The number of hydrogen-bond acceptors (Lipinski definition) is 4. The standard InChI is InChI=1S/C28H29N3O3S/c1-2-19-34-24-15-13-22(14-16-24)29-26(32)20-25-27(33)31(23-11-7-4-8-12-23)28(35)30(25)18-17-21-9-5-3-6-10-21/h3-16,25H,2,17-20H2,1H3,(H,29,32)/t25-/m0/s1. The minimum atomic E-state index is -0.668. The molecule has 0 bridgehead atoms. The first-order valence-corrected chi connectivity index (χ1v) is 12.2. The van der Waals surface area contributed by atoms with Gasteiger partial charge in [0.2, 0.25) is 5.91 Å². The summed E-state index contributed by atoms with van der Waals surface area (Å²) >= 11 is 5.73. The van der Waals surface area contributed by atoms with E-state index in [1.165, 1.54) is 4.90 Å². The first-order valence-electron chi connectivity index (χ1n) is 11.8. The van der Waals surface area contributed by atoms with Gasteiger partial charge in [0.25, 0.3) is 5.91 Å². The molecule has 1 atom stereocenters. The van der Waals surface area contributed by atoms with E-state index >= 15 is 0 Å². The van der Waals surface area contributed by atoms with Gasteiger partial charge in [0.15, 0.2) is 5.11 Å². The molecule has 4 rings (SSSR count). The summed E-state index contributed by atoms with van der Waals surface area (Å²) in [5, 5.41) is 3.32. The van der Waals surface area contributed by atoms with Crippen LogP contribution >= 0.6 is 12.2 Å². The first kappa shape index (κ1) is 24.4. The van der Waals surface area contributed by atoms with Gasteiger partial charge in [-0.25, -0.2) is 0 Å². The van der Waals surface area contributed by atoms with Crippen molar-refractivity contribution in [1.29, 1.82) is 0 Å². The van der Waals surface area contributed by atoms with Crippen LogP contribution in [0.25, 0.3) is 0 Å². The quantitative estimate of drug-likeness (QED) is 0.406. The monoisotopic (exact) mass is 487 g/mol. The van der Waals surface area contributed by atoms with E-state index in [0.29, 0.717) is 36.1 Å². The van der Waals surface area contributed by atoms with Gasteiger partial charge in [-0.15, -0.1) is 0 Å². The molecule has 6 nitrogen and oxygen atoms in total. The van der Waals surface area contributed by atoms with E-state index in [1.807, 2.05) is 84.6 Å². The van der Waals surface area contributed by atoms with Crippen molar-refractivity contribution in [3.63, 3.8) is 0 Å². The van der Waals surface area contributed by atoms with Crippen LogP contribution in [-0.4, -0.2) is 41.0 Å². The van der Waals surface area contributed by atoms with Gasteiger partial charge >= 0.3 is 0 Å². The summed E-state index contributed by atoms with van der Waals surface area (Å²) in [7, 11) is 0. The van der Waals surface area contributed by atoms with Gasteiger partial charge in [-0.3, -0.25) is 14.5 Å². The first-order chi connectivity index (χ1) is 17.1. The Morgan fingerprint density at radius 1 is 0.971 bits per heavy atom. The molecule has 3 aromatic carbocycles. The number of rotatable bonds is 10. The second-order valence-electron chi connectivity index (χ2n) is 8.36. The van der Waals surface area contributed by atoms with E-state index < -0.39 is 6.04 Å². The highest BCUT2D eigenvalue weighted by molar-refractivity contribution is 7.80. The van der Waals surface area contributed by atoms with Crippen LogP contribution in [-0.2, 0) is 16.0 Å². The molecule has 1 aliphatic heterocycles. The minimum Gasteiger partial charge on any atom is -0.494 e. The number of amides is 2. The number of nitrogens with zero attached hydrogens (tertiary/aromatic N) is 2. The fourth-order valence-corrected chi connectivity index (χ4v) is 4.45. The molecular weight excluding hydrogens is 458 g/mol. The number of carbonyl (C=O) groups excluding carboxylic acids is 2. The van der Waals surface area contributed by atoms with Crippen LogP contribution in [0.1, 0.15) is 25.3 Å². The van der Waals surface area contributed by atoms with Gasteiger partial charge in [0.05, 0.1) is 18.7 Å². The van der Waals surface area contributed by atoms with Gasteiger partial charge in [0, 0.05) is 12.2 Å². The molecule has 0 saturated carbocycles. The largest absolute Gasteiger partial charge is 0.494 e. The number of hydrogen-bond donors (Lipinski definition) is 1. The molecule has 1 aliphatic rings. The molecule has 35 heavy (non-hydrogen) atoms. The zero-order valence-electron chi connectivity index (χ0n) is 19.7. The Bertz CT molecular complexity index is 1150. The zero-order chi connectivity index (χ0) is 24.6. The van der Waals surface area contributed by atoms with E-state index in [4.69, 9.17) is 17.0 Å². The van der Waals surface area contributed by atoms with Crippen LogP contribution in [0.2, 0.25) is 0 Å². The predicted molar refractivity (Wildman–Crippen MR) is 143 cm³/mol. The maximum atomic E-state index is 13.5. The maximum Gasteiger partial charge on any atom is 0.256 e. The lowest BCUT2D eigenvalue weighted by Gasteiger charge is -2.24. The van der Waals surface area contributed by atoms with E-state index in [1.54, 1.807) is 12.1 Å². The fraction of sp³-hybridized carbons (Fsp3) is 0.250. The SMILES string of the molecule is CCCOc1ccc(NC(=O)C[C@H]2C(=O)N(c3ccccc3)C(=S)N2CCc2ccccc2)cc1. The van der Waals surface area contributed by atoms with Crippen LogP contribution in [0.4, 0.5) is 11.4 Å². The number of thiocarbonyl (C=S) groups is 1. The van der Waals surface area contributed by atoms with Crippen molar-refractivity contribution in [3.8, 4) is 5.75 Å². The van der Waals surface area contributed by atoms with Crippen LogP contribution in [0.3, 0.4) is 0 Å². The van der Waals surface area contributed by atoms with Gasteiger partial charge in [0.1, 0.15) is 11.8 Å². The molecule has 0 aliphatic carbocycles. The van der Waals surface area contributed by atoms with E-state index in [-0.39, 0.29) is 18.2 Å². The second-order valence-corrected chi connectivity index (χ2v) is 8.73. The summed E-state index contributed by atoms with van der Waals surface area (Å²) in [6.07, 6.45) is 1.65. The molecule has 1 N–H and O–H groups in total. The molecule has 2 amide bonds. The highest BCUT2D eigenvalue weighted by Crippen LogP contribution is 2.28. The normalized spacial score (nSPS) is 15.4. The van der Waals surface area contributed by atoms with Crippen LogP contribution in [0.5, 0.6) is 5.75 Å². The van der Waals surface area contributed by atoms with Gasteiger partial charge in [-0.05, 0) is 67.0 Å². The third kappa shape index (κ3) is 6.05. The minimum absolute atomic E-state index is 0.00514. The molecule has 0 aromatic heterocycles. The third-order valence-corrected chi connectivity index (χ3v) is 6.22. The molecule has 1 heterocycles. The van der Waals surface area contributed by atoms with Crippen molar-refractivity contribution in [2.45, 2.75) is 32.2 Å². The zero-order valence-corrected chi connectivity index (χ0v) is 20.5. The molecule has 0 spiro atoms. The van der Waals surface area contributed by atoms with E-state index in [2.05, 4.69) is 5.32 Å².